The molecular weight excluding hydrogens is 232 g/mol. The van der Waals surface area contributed by atoms with Crippen LogP contribution in [0.1, 0.15) is 6.92 Å². The molecule has 5 nitrogen and oxygen atoms in total. The van der Waals surface area contributed by atoms with E-state index >= 15 is 0 Å². The molecule has 0 aliphatic rings. The number of hydrogen-bond acceptors (Lipinski definition) is 4. The molecule has 0 aromatic heterocycles. The summed E-state index contributed by atoms with van der Waals surface area (Å²) in [5.74, 6) is -0.804. The van der Waals surface area contributed by atoms with Gasteiger partial charge in [0.15, 0.2) is 0 Å². The maximum absolute atomic E-state index is 10.9. The molecule has 1 unspecified atom stereocenters. The Morgan fingerprint density at radius 1 is 1.56 bits per heavy atom. The van der Waals surface area contributed by atoms with Crippen molar-refractivity contribution in [3.05, 3.63) is 24.3 Å². The van der Waals surface area contributed by atoms with Crippen molar-refractivity contribution in [2.24, 2.45) is 5.92 Å². The number of carboxylic acid groups (broad SMARTS) is 1. The van der Waals surface area contributed by atoms with Crippen LogP contribution in [0.2, 0.25) is 0 Å². The number of benzene rings is 1. The molecule has 1 N–H and O–H groups in total. The van der Waals surface area contributed by atoms with Gasteiger partial charge in [-0.25, -0.2) is 0 Å². The third-order valence-electron chi connectivity index (χ3n) is 2.60. The summed E-state index contributed by atoms with van der Waals surface area (Å²) in [6.07, 6.45) is 0. The van der Waals surface area contributed by atoms with Crippen LogP contribution in [0.5, 0.6) is 5.75 Å². The second-order valence-electron chi connectivity index (χ2n) is 3.95. The molecule has 18 heavy (non-hydrogen) atoms. The average Bonchev–Trinajstić information content (AvgIpc) is 2.38. The zero-order valence-electron chi connectivity index (χ0n) is 10.5. The lowest BCUT2D eigenvalue weighted by Crippen LogP contribution is -2.32. The first-order chi connectivity index (χ1) is 8.60. The number of carboxylic acids is 1. The molecule has 0 radical (unpaired) electrons. The third kappa shape index (κ3) is 3.39. The van der Waals surface area contributed by atoms with Crippen LogP contribution in [-0.2, 0) is 4.79 Å². The fourth-order valence-electron chi connectivity index (χ4n) is 1.63. The second-order valence-corrected chi connectivity index (χ2v) is 3.95. The molecule has 0 saturated carbocycles. The van der Waals surface area contributed by atoms with Crippen LogP contribution in [0, 0.1) is 17.2 Å². The van der Waals surface area contributed by atoms with Gasteiger partial charge in [0.1, 0.15) is 12.3 Å². The highest BCUT2D eigenvalue weighted by molar-refractivity contribution is 5.71. The van der Waals surface area contributed by atoms with E-state index in [4.69, 9.17) is 15.1 Å². The van der Waals surface area contributed by atoms with E-state index in [1.807, 2.05) is 24.3 Å². The zero-order chi connectivity index (χ0) is 13.5. The van der Waals surface area contributed by atoms with Crippen molar-refractivity contribution in [2.45, 2.75) is 6.92 Å². The zero-order valence-corrected chi connectivity index (χ0v) is 10.5. The summed E-state index contributed by atoms with van der Waals surface area (Å²) in [4.78, 5) is 12.6. The van der Waals surface area contributed by atoms with Crippen molar-refractivity contribution in [2.75, 3.05) is 25.1 Å². The van der Waals surface area contributed by atoms with Gasteiger partial charge in [-0.05, 0) is 12.1 Å². The highest BCUT2D eigenvalue weighted by Crippen LogP contribution is 2.27. The van der Waals surface area contributed by atoms with Gasteiger partial charge in [-0.1, -0.05) is 19.1 Å². The van der Waals surface area contributed by atoms with E-state index in [2.05, 4.69) is 0 Å². The molecule has 0 heterocycles. The first-order valence-corrected chi connectivity index (χ1v) is 5.57. The summed E-state index contributed by atoms with van der Waals surface area (Å²) in [6.45, 7) is 2.00. The number of rotatable bonds is 6. The Bertz CT molecular complexity index is 454. The standard InChI is InChI=1S/C13H16N2O3/c1-10(13(16)17)9-15(8-7-14)11-5-3-4-6-12(11)18-2/h3-6,10H,8-9H2,1-2H3,(H,16,17). The molecule has 0 saturated heterocycles. The SMILES string of the molecule is COc1ccccc1N(CC#N)CC(C)C(=O)O. The summed E-state index contributed by atoms with van der Waals surface area (Å²) in [5.41, 5.74) is 0.731. The van der Waals surface area contributed by atoms with Crippen molar-refractivity contribution in [3.8, 4) is 11.8 Å². The van der Waals surface area contributed by atoms with E-state index < -0.39 is 11.9 Å². The highest BCUT2D eigenvalue weighted by atomic mass is 16.5. The fourth-order valence-corrected chi connectivity index (χ4v) is 1.63. The number of aliphatic carboxylic acids is 1. The Kier molecular flexibility index (Phi) is 5.00. The predicted molar refractivity (Wildman–Crippen MR) is 67.6 cm³/mol. The van der Waals surface area contributed by atoms with E-state index in [-0.39, 0.29) is 13.1 Å². The second kappa shape index (κ2) is 6.50. The van der Waals surface area contributed by atoms with Crippen LogP contribution in [-0.4, -0.2) is 31.3 Å². The molecule has 1 rings (SSSR count). The number of methoxy groups -OCH3 is 1. The van der Waals surface area contributed by atoms with Crippen molar-refractivity contribution < 1.29 is 14.6 Å². The topological polar surface area (TPSA) is 73.6 Å². The Morgan fingerprint density at radius 2 is 2.22 bits per heavy atom. The molecule has 0 bridgehead atoms. The molecule has 1 aromatic rings. The lowest BCUT2D eigenvalue weighted by Gasteiger charge is -2.25. The highest BCUT2D eigenvalue weighted by Gasteiger charge is 2.18. The lowest BCUT2D eigenvalue weighted by atomic mass is 10.1. The molecule has 0 spiro atoms. The summed E-state index contributed by atoms with van der Waals surface area (Å²) >= 11 is 0. The molecule has 0 aliphatic carbocycles. The molecule has 5 heteroatoms. The lowest BCUT2D eigenvalue weighted by molar-refractivity contribution is -0.140. The van der Waals surface area contributed by atoms with E-state index in [1.54, 1.807) is 25.0 Å². The van der Waals surface area contributed by atoms with Crippen molar-refractivity contribution in [1.82, 2.24) is 0 Å². The molecule has 1 aromatic carbocycles. The van der Waals surface area contributed by atoms with Gasteiger partial charge in [0.05, 0.1) is 24.8 Å². The van der Waals surface area contributed by atoms with Crippen molar-refractivity contribution in [1.29, 1.82) is 5.26 Å². The number of anilines is 1. The Hall–Kier alpha value is -2.22. The van der Waals surface area contributed by atoms with Crippen LogP contribution < -0.4 is 9.64 Å². The van der Waals surface area contributed by atoms with Crippen molar-refractivity contribution in [3.63, 3.8) is 0 Å². The molecular formula is C13H16N2O3. The van der Waals surface area contributed by atoms with Gasteiger partial charge in [-0.2, -0.15) is 5.26 Å². The largest absolute Gasteiger partial charge is 0.495 e. The van der Waals surface area contributed by atoms with E-state index in [1.165, 1.54) is 0 Å². The van der Waals surface area contributed by atoms with Crippen LogP contribution in [0.3, 0.4) is 0 Å². The van der Waals surface area contributed by atoms with Crippen LogP contribution in [0.15, 0.2) is 24.3 Å². The van der Waals surface area contributed by atoms with E-state index in [9.17, 15) is 4.79 Å². The minimum absolute atomic E-state index is 0.123. The molecule has 0 aliphatic heterocycles. The number of carbonyl (C=O) groups is 1. The fraction of sp³-hybridized carbons (Fsp3) is 0.385. The van der Waals surface area contributed by atoms with Crippen molar-refractivity contribution >= 4 is 11.7 Å². The quantitative estimate of drug-likeness (QED) is 0.776. The van der Waals surface area contributed by atoms with Gasteiger partial charge >= 0.3 is 5.97 Å². The first-order valence-electron chi connectivity index (χ1n) is 5.57. The number of nitrogens with zero attached hydrogens (tertiary/aromatic N) is 2. The summed E-state index contributed by atoms with van der Waals surface area (Å²) < 4.78 is 5.22. The monoisotopic (exact) mass is 248 g/mol. The summed E-state index contributed by atoms with van der Waals surface area (Å²) in [6, 6.07) is 9.29. The van der Waals surface area contributed by atoms with Gasteiger partial charge in [-0.3, -0.25) is 4.79 Å². The predicted octanol–water partition coefficient (Wildman–Crippen LogP) is 1.75. The molecule has 96 valence electrons. The summed E-state index contributed by atoms with van der Waals surface area (Å²) in [7, 11) is 1.55. The Morgan fingerprint density at radius 3 is 2.78 bits per heavy atom. The smallest absolute Gasteiger partial charge is 0.308 e. The van der Waals surface area contributed by atoms with Gasteiger partial charge in [0.25, 0.3) is 0 Å². The van der Waals surface area contributed by atoms with Gasteiger partial charge in [-0.15, -0.1) is 0 Å². The Labute approximate surface area is 106 Å². The number of para-hydroxylation sites is 2. The van der Waals surface area contributed by atoms with Crippen LogP contribution in [0.25, 0.3) is 0 Å². The normalized spacial score (nSPS) is 11.4. The minimum atomic E-state index is -0.882. The number of ether oxygens (including phenoxy) is 1. The summed E-state index contributed by atoms with van der Waals surface area (Å²) in [5, 5.41) is 17.8. The third-order valence-corrected chi connectivity index (χ3v) is 2.60. The maximum atomic E-state index is 10.9. The van der Waals surface area contributed by atoms with Gasteiger partial charge < -0.3 is 14.7 Å². The molecule has 1 atom stereocenters. The molecule has 0 amide bonds. The van der Waals surface area contributed by atoms with Gasteiger partial charge in [0, 0.05) is 6.54 Å². The minimum Gasteiger partial charge on any atom is -0.495 e. The van der Waals surface area contributed by atoms with E-state index in [0.29, 0.717) is 5.75 Å². The van der Waals surface area contributed by atoms with Crippen LogP contribution >= 0.6 is 0 Å². The first kappa shape index (κ1) is 13.8. The number of hydrogen-bond donors (Lipinski definition) is 1. The maximum Gasteiger partial charge on any atom is 0.308 e. The number of nitriles is 1. The van der Waals surface area contributed by atoms with E-state index in [0.717, 1.165) is 5.69 Å². The average molecular weight is 248 g/mol. The van der Waals surface area contributed by atoms with Crippen LogP contribution in [0.4, 0.5) is 5.69 Å². The Balaban J connectivity index is 2.97. The van der Waals surface area contributed by atoms with Gasteiger partial charge in [0.2, 0.25) is 0 Å². The molecule has 0 fully saturated rings.